The second-order valence-electron chi connectivity index (χ2n) is 2.84. The number of hydrogen-bond acceptors (Lipinski definition) is 5. The zero-order valence-electron chi connectivity index (χ0n) is 11.1. The van der Waals surface area contributed by atoms with Gasteiger partial charge in [0, 0.05) is 24.5 Å². The third kappa shape index (κ3) is 18.2. The van der Waals surface area contributed by atoms with E-state index in [-0.39, 0.29) is 24.7 Å². The van der Waals surface area contributed by atoms with Crippen molar-refractivity contribution in [3.63, 3.8) is 0 Å². The summed E-state index contributed by atoms with van der Waals surface area (Å²) in [5.74, 6) is 2.01. The predicted molar refractivity (Wildman–Crippen MR) is 76.2 cm³/mol. The van der Waals surface area contributed by atoms with Crippen molar-refractivity contribution in [3.8, 4) is 0 Å². The highest BCUT2D eigenvalue weighted by atomic mass is 33.1. The Labute approximate surface area is 112 Å². The first-order valence-corrected chi connectivity index (χ1v) is 8.18. The lowest BCUT2D eigenvalue weighted by molar-refractivity contribution is -0.142. The highest BCUT2D eigenvalue weighted by Crippen LogP contribution is 2.18. The van der Waals surface area contributed by atoms with Gasteiger partial charge < -0.3 is 10.1 Å². The fourth-order valence-corrected chi connectivity index (χ4v) is 2.10. The van der Waals surface area contributed by atoms with Crippen LogP contribution in [0.3, 0.4) is 0 Å². The Balaban J connectivity index is 0. The molecule has 0 atom stereocenters. The Morgan fingerprint density at radius 2 is 1.59 bits per heavy atom. The van der Waals surface area contributed by atoms with Crippen molar-refractivity contribution in [2.45, 2.75) is 33.6 Å². The molecule has 0 aliphatic rings. The molecule has 1 N–H and O–H groups in total. The molecule has 1 amide bonds. The topological polar surface area (TPSA) is 55.4 Å². The van der Waals surface area contributed by atoms with Gasteiger partial charge in [-0.1, -0.05) is 35.4 Å². The smallest absolute Gasteiger partial charge is 0.306 e. The van der Waals surface area contributed by atoms with Crippen molar-refractivity contribution < 1.29 is 14.3 Å². The second-order valence-corrected chi connectivity index (χ2v) is 5.88. The number of rotatable bonds is 7. The van der Waals surface area contributed by atoms with E-state index in [1.165, 1.54) is 18.6 Å². The van der Waals surface area contributed by atoms with Gasteiger partial charge in [-0.25, -0.2) is 0 Å². The number of hydrogen-bond donors (Lipinski definition) is 1. The van der Waals surface area contributed by atoms with Crippen LogP contribution < -0.4 is 5.32 Å². The van der Waals surface area contributed by atoms with E-state index in [9.17, 15) is 9.59 Å². The van der Waals surface area contributed by atoms with Crippen molar-refractivity contribution in [1.82, 2.24) is 5.32 Å². The van der Waals surface area contributed by atoms with Crippen molar-refractivity contribution >= 4 is 33.5 Å². The molecule has 4 nitrogen and oxygen atoms in total. The highest BCUT2D eigenvalue weighted by molar-refractivity contribution is 8.76. The van der Waals surface area contributed by atoms with Crippen LogP contribution in [0.15, 0.2) is 0 Å². The van der Waals surface area contributed by atoms with Gasteiger partial charge in [-0.15, -0.1) is 0 Å². The zero-order chi connectivity index (χ0) is 13.5. The van der Waals surface area contributed by atoms with E-state index in [0.29, 0.717) is 6.54 Å². The minimum Gasteiger partial charge on any atom is -0.469 e. The first-order chi connectivity index (χ1) is 8.12. The molecule has 0 aliphatic heterocycles. The van der Waals surface area contributed by atoms with Crippen LogP contribution in [0.4, 0.5) is 0 Å². The molecule has 0 saturated carbocycles. The van der Waals surface area contributed by atoms with Gasteiger partial charge in [0.25, 0.3) is 0 Å². The van der Waals surface area contributed by atoms with Crippen molar-refractivity contribution in [1.29, 1.82) is 0 Å². The van der Waals surface area contributed by atoms with Crippen molar-refractivity contribution in [3.05, 3.63) is 0 Å². The molecular weight excluding hydrogens is 258 g/mol. The van der Waals surface area contributed by atoms with Crippen LogP contribution in [-0.4, -0.2) is 37.0 Å². The maximum atomic E-state index is 10.7. The fraction of sp³-hybridized carbons (Fsp3) is 0.818. The van der Waals surface area contributed by atoms with E-state index in [4.69, 9.17) is 0 Å². The first-order valence-electron chi connectivity index (χ1n) is 5.70. The molecule has 0 unspecified atom stereocenters. The molecular formula is C11H23NO3S2. The number of amides is 1. The summed E-state index contributed by atoms with van der Waals surface area (Å²) in [5.41, 5.74) is 0. The second kappa shape index (κ2) is 15.6. The average Bonchev–Trinajstić information content (AvgIpc) is 2.34. The van der Waals surface area contributed by atoms with Crippen LogP contribution in [0, 0.1) is 0 Å². The molecule has 0 radical (unpaired) electrons. The zero-order valence-corrected chi connectivity index (χ0v) is 12.7. The number of carbonyl (C=O) groups is 2. The Morgan fingerprint density at radius 1 is 1.06 bits per heavy atom. The van der Waals surface area contributed by atoms with Crippen LogP contribution in [0.1, 0.15) is 33.6 Å². The van der Waals surface area contributed by atoms with Gasteiger partial charge in [0.15, 0.2) is 0 Å². The third-order valence-electron chi connectivity index (χ3n) is 1.48. The minimum absolute atomic E-state index is 0.113. The fourth-order valence-electron chi connectivity index (χ4n) is 0.770. The molecule has 0 aromatic rings. The van der Waals surface area contributed by atoms with Crippen LogP contribution in [0.5, 0.6) is 0 Å². The van der Waals surface area contributed by atoms with Crippen LogP contribution in [-0.2, 0) is 14.3 Å². The Morgan fingerprint density at radius 3 is 1.94 bits per heavy atom. The highest BCUT2D eigenvalue weighted by Gasteiger charge is 2.04. The first kappa shape index (κ1) is 19.0. The van der Waals surface area contributed by atoms with Gasteiger partial charge >= 0.3 is 5.97 Å². The maximum absolute atomic E-state index is 10.7. The molecule has 102 valence electrons. The largest absolute Gasteiger partial charge is 0.469 e. The predicted octanol–water partition coefficient (Wildman–Crippen LogP) is 2.48. The molecule has 0 spiro atoms. The van der Waals surface area contributed by atoms with Crippen LogP contribution >= 0.6 is 21.6 Å². The third-order valence-corrected chi connectivity index (χ3v) is 4.03. The number of carbonyl (C=O) groups excluding carboxylic acids is 2. The molecule has 0 fully saturated rings. The Kier molecular flexibility index (Phi) is 17.5. The lowest BCUT2D eigenvalue weighted by atomic mass is 10.3. The van der Waals surface area contributed by atoms with E-state index in [0.717, 1.165) is 0 Å². The summed E-state index contributed by atoms with van der Waals surface area (Å²) in [7, 11) is 5.16. The Hall–Kier alpha value is -0.360. The lowest BCUT2D eigenvalue weighted by Crippen LogP contribution is -2.23. The average molecular weight is 281 g/mol. The summed E-state index contributed by atoms with van der Waals surface area (Å²) in [4.78, 5) is 21.3. The molecule has 0 saturated heterocycles. The molecule has 17 heavy (non-hydrogen) atoms. The van der Waals surface area contributed by atoms with E-state index in [2.05, 4.69) is 23.9 Å². The van der Waals surface area contributed by atoms with E-state index in [1.54, 1.807) is 0 Å². The summed E-state index contributed by atoms with van der Waals surface area (Å²) in [6.07, 6.45) is 0.364. The quantitative estimate of drug-likeness (QED) is 0.441. The molecule has 0 heterocycles. The number of esters is 1. The number of methoxy groups -OCH3 is 1. The van der Waals surface area contributed by atoms with Gasteiger partial charge in [0.05, 0.1) is 13.5 Å². The van der Waals surface area contributed by atoms with Crippen molar-refractivity contribution in [2.75, 3.05) is 25.2 Å². The molecule has 0 aromatic carbocycles. The van der Waals surface area contributed by atoms with Crippen molar-refractivity contribution in [2.24, 2.45) is 0 Å². The van der Waals surface area contributed by atoms with Gasteiger partial charge in [-0.05, 0) is 6.92 Å². The maximum Gasteiger partial charge on any atom is 0.306 e. The van der Waals surface area contributed by atoms with E-state index >= 15 is 0 Å². The lowest BCUT2D eigenvalue weighted by Gasteiger charge is -1.99. The van der Waals surface area contributed by atoms with Crippen LogP contribution in [0.2, 0.25) is 0 Å². The van der Waals surface area contributed by atoms with E-state index in [1.807, 2.05) is 28.5 Å². The summed E-state index contributed by atoms with van der Waals surface area (Å²) >= 11 is 0. The van der Waals surface area contributed by atoms with Gasteiger partial charge in [-0.2, -0.15) is 0 Å². The number of nitrogens with one attached hydrogen (secondary N) is 1. The number of ether oxygens (including phenoxy) is 1. The molecule has 0 aliphatic carbocycles. The summed E-state index contributed by atoms with van der Waals surface area (Å²) in [6, 6.07) is 0. The van der Waals surface area contributed by atoms with Crippen LogP contribution in [0.25, 0.3) is 0 Å². The normalized spacial score (nSPS) is 8.94. The van der Waals surface area contributed by atoms with Gasteiger partial charge in [0.2, 0.25) is 5.91 Å². The molecule has 0 bridgehead atoms. The monoisotopic (exact) mass is 281 g/mol. The van der Waals surface area contributed by atoms with Gasteiger partial charge in [-0.3, -0.25) is 9.59 Å². The van der Waals surface area contributed by atoms with Gasteiger partial charge in [0.1, 0.15) is 0 Å². The SMILES string of the molecule is CCNC(=O)CCC(=O)OC.CCSSCC. The minimum atomic E-state index is -0.351. The molecule has 0 aromatic heterocycles. The van der Waals surface area contributed by atoms with E-state index < -0.39 is 0 Å². The standard InChI is InChI=1S/C7H13NO3.C4H10S2/c1-3-8-6(9)4-5-7(10)11-2;1-3-5-6-4-2/h3-5H2,1-2H3,(H,8,9);3-4H2,1-2H3. The summed E-state index contributed by atoms with van der Waals surface area (Å²) in [5, 5.41) is 2.58. The summed E-state index contributed by atoms with van der Waals surface area (Å²) in [6.45, 7) is 6.77. The molecule has 6 heteroatoms. The summed E-state index contributed by atoms with van der Waals surface area (Å²) < 4.78 is 4.36. The molecule has 0 rings (SSSR count). The Bertz CT molecular complexity index is 197.